The van der Waals surface area contributed by atoms with Crippen molar-refractivity contribution >= 4 is 10.0 Å². The van der Waals surface area contributed by atoms with Crippen LogP contribution in [0.1, 0.15) is 33.6 Å². The average Bonchev–Trinajstić information content (AvgIpc) is 2.67. The lowest BCUT2D eigenvalue weighted by atomic mass is 10.0. The fourth-order valence-electron chi connectivity index (χ4n) is 3.27. The molecule has 3 aromatic rings. The summed E-state index contributed by atoms with van der Waals surface area (Å²) >= 11 is 0. The normalized spacial score (nSPS) is 11.8. The number of pyridine rings is 2. The van der Waals surface area contributed by atoms with E-state index in [4.69, 9.17) is 0 Å². The highest BCUT2D eigenvalue weighted by Gasteiger charge is 2.30. The van der Waals surface area contributed by atoms with E-state index < -0.39 is 10.0 Å². The number of aromatic nitrogens is 2. The molecule has 0 N–H and O–H groups in total. The van der Waals surface area contributed by atoms with Gasteiger partial charge in [0.25, 0.3) is 0 Å². The predicted octanol–water partition coefficient (Wildman–Crippen LogP) is 4.10. The van der Waals surface area contributed by atoms with Crippen molar-refractivity contribution in [2.24, 2.45) is 0 Å². The van der Waals surface area contributed by atoms with Gasteiger partial charge in [-0.25, -0.2) is 8.42 Å². The highest BCUT2D eigenvalue weighted by atomic mass is 32.2. The zero-order valence-electron chi connectivity index (χ0n) is 16.7. The predicted molar refractivity (Wildman–Crippen MR) is 110 cm³/mol. The highest BCUT2D eigenvalue weighted by Crippen LogP contribution is 2.30. The van der Waals surface area contributed by atoms with Crippen LogP contribution in [0.15, 0.2) is 59.8 Å². The molecule has 0 aliphatic rings. The summed E-state index contributed by atoms with van der Waals surface area (Å²) in [6, 6.07) is 13.1. The molecule has 6 heteroatoms. The number of hydrogen-bond acceptors (Lipinski definition) is 4. The Labute approximate surface area is 167 Å². The topological polar surface area (TPSA) is 63.2 Å². The van der Waals surface area contributed by atoms with E-state index in [-0.39, 0.29) is 13.1 Å². The molecule has 0 radical (unpaired) electrons. The summed E-state index contributed by atoms with van der Waals surface area (Å²) in [7, 11) is -3.75. The van der Waals surface area contributed by atoms with Crippen molar-refractivity contribution in [1.82, 2.24) is 14.3 Å². The minimum atomic E-state index is -3.75. The molecule has 0 aliphatic carbocycles. The fraction of sp³-hybridized carbons (Fsp3) is 0.273. The summed E-state index contributed by atoms with van der Waals surface area (Å²) in [6.07, 6.45) is 3.35. The van der Waals surface area contributed by atoms with Gasteiger partial charge in [-0.15, -0.1) is 0 Å². The van der Waals surface area contributed by atoms with Gasteiger partial charge in [-0.2, -0.15) is 4.31 Å². The lowest BCUT2D eigenvalue weighted by Gasteiger charge is -2.25. The van der Waals surface area contributed by atoms with Gasteiger partial charge in [0.15, 0.2) is 0 Å². The van der Waals surface area contributed by atoms with Crippen LogP contribution < -0.4 is 0 Å². The van der Waals surface area contributed by atoms with Gasteiger partial charge in [-0.1, -0.05) is 18.2 Å². The number of aryl methyl sites for hydroxylation is 2. The molecule has 3 rings (SSSR count). The quantitative estimate of drug-likeness (QED) is 0.630. The molecular formula is C22H25N3O2S. The van der Waals surface area contributed by atoms with Crippen molar-refractivity contribution in [3.63, 3.8) is 0 Å². The first-order valence-electron chi connectivity index (χ1n) is 9.18. The SMILES string of the molecule is Cc1cc(C)c(C)c(S(=O)(=O)N(Cc2ccccn2)Cc2ccccn2)c1C. The van der Waals surface area contributed by atoms with E-state index in [2.05, 4.69) is 9.97 Å². The smallest absolute Gasteiger partial charge is 0.244 e. The van der Waals surface area contributed by atoms with Crippen LogP contribution in [-0.4, -0.2) is 22.7 Å². The maximum absolute atomic E-state index is 13.8. The molecule has 28 heavy (non-hydrogen) atoms. The molecule has 0 aliphatic heterocycles. The van der Waals surface area contributed by atoms with E-state index in [1.54, 1.807) is 12.4 Å². The van der Waals surface area contributed by atoms with Crippen molar-refractivity contribution < 1.29 is 8.42 Å². The Balaban J connectivity index is 2.11. The lowest BCUT2D eigenvalue weighted by Crippen LogP contribution is -2.32. The largest absolute Gasteiger partial charge is 0.260 e. The summed E-state index contributed by atoms with van der Waals surface area (Å²) in [4.78, 5) is 9.03. The van der Waals surface area contributed by atoms with E-state index in [0.717, 1.165) is 22.3 Å². The molecule has 0 atom stereocenters. The van der Waals surface area contributed by atoms with Crippen LogP contribution >= 0.6 is 0 Å². The van der Waals surface area contributed by atoms with Gasteiger partial charge in [0, 0.05) is 12.4 Å². The van der Waals surface area contributed by atoms with Crippen LogP contribution in [-0.2, 0) is 23.1 Å². The summed E-state index contributed by atoms with van der Waals surface area (Å²) in [5.74, 6) is 0. The van der Waals surface area contributed by atoms with E-state index in [0.29, 0.717) is 16.3 Å². The van der Waals surface area contributed by atoms with Gasteiger partial charge in [0.05, 0.1) is 29.4 Å². The first kappa shape index (κ1) is 20.2. The Morgan fingerprint density at radius 3 is 1.64 bits per heavy atom. The number of hydrogen-bond donors (Lipinski definition) is 0. The fourth-order valence-corrected chi connectivity index (χ4v) is 5.23. The first-order valence-corrected chi connectivity index (χ1v) is 10.6. The molecular weight excluding hydrogens is 370 g/mol. The van der Waals surface area contributed by atoms with Crippen LogP contribution in [0.25, 0.3) is 0 Å². The molecule has 5 nitrogen and oxygen atoms in total. The summed E-state index contributed by atoms with van der Waals surface area (Å²) < 4.78 is 29.0. The minimum Gasteiger partial charge on any atom is -0.260 e. The van der Waals surface area contributed by atoms with Gasteiger partial charge in [-0.3, -0.25) is 9.97 Å². The second-order valence-corrected chi connectivity index (χ2v) is 8.88. The second-order valence-electron chi connectivity index (χ2n) is 7.00. The molecule has 146 valence electrons. The summed E-state index contributed by atoms with van der Waals surface area (Å²) in [5, 5.41) is 0. The summed E-state index contributed by atoms with van der Waals surface area (Å²) in [5.41, 5.74) is 4.91. The highest BCUT2D eigenvalue weighted by molar-refractivity contribution is 7.89. The molecule has 0 saturated heterocycles. The molecule has 2 heterocycles. The third kappa shape index (κ3) is 4.13. The molecule has 0 fully saturated rings. The maximum Gasteiger partial charge on any atom is 0.244 e. The van der Waals surface area contributed by atoms with Gasteiger partial charge in [0.1, 0.15) is 0 Å². The van der Waals surface area contributed by atoms with Gasteiger partial charge >= 0.3 is 0 Å². The average molecular weight is 396 g/mol. The molecule has 0 spiro atoms. The Kier molecular flexibility index (Phi) is 5.91. The third-order valence-electron chi connectivity index (χ3n) is 5.02. The van der Waals surface area contributed by atoms with Crippen molar-refractivity contribution in [3.8, 4) is 0 Å². The minimum absolute atomic E-state index is 0.186. The Morgan fingerprint density at radius 2 is 1.25 bits per heavy atom. The Hall–Kier alpha value is -2.57. The van der Waals surface area contributed by atoms with Crippen molar-refractivity contribution in [1.29, 1.82) is 0 Å². The van der Waals surface area contributed by atoms with Gasteiger partial charge in [0.2, 0.25) is 10.0 Å². The van der Waals surface area contributed by atoms with Gasteiger partial charge in [-0.05, 0) is 74.2 Å². The monoisotopic (exact) mass is 395 g/mol. The number of sulfonamides is 1. The Morgan fingerprint density at radius 1 is 0.786 bits per heavy atom. The van der Waals surface area contributed by atoms with E-state index >= 15 is 0 Å². The van der Waals surface area contributed by atoms with Crippen LogP contribution in [0.2, 0.25) is 0 Å². The molecule has 0 saturated carbocycles. The van der Waals surface area contributed by atoms with E-state index in [1.807, 2.05) is 70.2 Å². The van der Waals surface area contributed by atoms with E-state index in [9.17, 15) is 8.42 Å². The first-order chi connectivity index (χ1) is 13.3. The summed E-state index contributed by atoms with van der Waals surface area (Å²) in [6.45, 7) is 8.01. The molecule has 0 unspecified atom stereocenters. The van der Waals surface area contributed by atoms with E-state index in [1.165, 1.54) is 4.31 Å². The third-order valence-corrected chi connectivity index (χ3v) is 7.09. The number of rotatable bonds is 6. The van der Waals surface area contributed by atoms with Gasteiger partial charge < -0.3 is 0 Å². The zero-order valence-corrected chi connectivity index (χ0v) is 17.5. The second kappa shape index (κ2) is 8.20. The molecule has 0 bridgehead atoms. The van der Waals surface area contributed by atoms with Crippen molar-refractivity contribution in [2.45, 2.75) is 45.7 Å². The Bertz CT molecular complexity index is 998. The number of nitrogens with zero attached hydrogens (tertiary/aromatic N) is 3. The lowest BCUT2D eigenvalue weighted by molar-refractivity contribution is 0.392. The van der Waals surface area contributed by atoms with Crippen LogP contribution in [0.3, 0.4) is 0 Å². The maximum atomic E-state index is 13.8. The van der Waals surface area contributed by atoms with Crippen LogP contribution in [0.5, 0.6) is 0 Å². The molecule has 0 amide bonds. The standard InChI is InChI=1S/C22H25N3O2S/c1-16-13-17(2)19(4)22(18(16)3)28(26,27)25(14-20-9-5-7-11-23-20)15-21-10-6-8-12-24-21/h5-13H,14-15H2,1-4H3. The molecule has 1 aromatic carbocycles. The molecule has 2 aromatic heterocycles. The number of benzene rings is 1. The van der Waals surface area contributed by atoms with Crippen molar-refractivity contribution in [3.05, 3.63) is 88.5 Å². The van der Waals surface area contributed by atoms with Crippen LogP contribution in [0, 0.1) is 27.7 Å². The zero-order chi connectivity index (χ0) is 20.3. The van der Waals surface area contributed by atoms with Crippen molar-refractivity contribution in [2.75, 3.05) is 0 Å². The van der Waals surface area contributed by atoms with Crippen LogP contribution in [0.4, 0.5) is 0 Å².